The fourth-order valence-corrected chi connectivity index (χ4v) is 3.59. The Morgan fingerprint density at radius 3 is 2.53 bits per heavy atom. The molecule has 1 aromatic heterocycles. The Morgan fingerprint density at radius 2 is 1.93 bits per heavy atom. The van der Waals surface area contributed by atoms with Crippen LogP contribution in [-0.2, 0) is 6.18 Å². The normalized spacial score (nSPS) is 11.4. The number of hydrogen-bond acceptors (Lipinski definition) is 5. The van der Waals surface area contributed by atoms with E-state index >= 15 is 0 Å². The number of nitrogens with one attached hydrogen (secondary N) is 1. The highest BCUT2D eigenvalue weighted by atomic mass is 32.2. The number of nitrogens with zero attached hydrogens (tertiary/aromatic N) is 3. The zero-order chi connectivity index (χ0) is 22.3. The van der Waals surface area contributed by atoms with Crippen molar-refractivity contribution >= 4 is 29.2 Å². The molecule has 0 fully saturated rings. The molecule has 2 aromatic rings. The van der Waals surface area contributed by atoms with E-state index in [1.807, 2.05) is 24.1 Å². The summed E-state index contributed by atoms with van der Waals surface area (Å²) >= 11 is 1.51. The van der Waals surface area contributed by atoms with Crippen LogP contribution in [-0.4, -0.2) is 35.4 Å². The molecule has 0 atom stereocenters. The van der Waals surface area contributed by atoms with Gasteiger partial charge in [0.1, 0.15) is 0 Å². The molecule has 0 spiro atoms. The van der Waals surface area contributed by atoms with Crippen LogP contribution < -0.4 is 10.2 Å². The van der Waals surface area contributed by atoms with Crippen molar-refractivity contribution in [3.8, 4) is 0 Å². The van der Waals surface area contributed by atoms with Crippen LogP contribution >= 0.6 is 11.8 Å². The Hall–Kier alpha value is -2.29. The third-order valence-corrected chi connectivity index (χ3v) is 5.46. The van der Waals surface area contributed by atoms with E-state index in [1.165, 1.54) is 18.7 Å². The fourth-order valence-electron chi connectivity index (χ4n) is 3.13. The lowest BCUT2D eigenvalue weighted by Crippen LogP contribution is -2.30. The van der Waals surface area contributed by atoms with Crippen LogP contribution in [0.2, 0.25) is 0 Å². The maximum atomic E-state index is 13.4. The summed E-state index contributed by atoms with van der Waals surface area (Å²) in [5.41, 5.74) is -0.944. The maximum absolute atomic E-state index is 13.4. The summed E-state index contributed by atoms with van der Waals surface area (Å²) in [6.45, 7) is 6.32. The molecule has 2 rings (SSSR count). The van der Waals surface area contributed by atoms with Gasteiger partial charge in [-0.05, 0) is 50.3 Å². The molecule has 0 saturated carbocycles. The van der Waals surface area contributed by atoms with Crippen LogP contribution in [0.25, 0.3) is 0 Å². The molecule has 1 aromatic carbocycles. The summed E-state index contributed by atoms with van der Waals surface area (Å²) in [7, 11) is 0. The number of carbonyl (C=O) groups excluding carboxylic acids is 1. The van der Waals surface area contributed by atoms with Crippen LogP contribution in [0.4, 0.5) is 24.7 Å². The Labute approximate surface area is 179 Å². The minimum atomic E-state index is -4.69. The van der Waals surface area contributed by atoms with E-state index in [4.69, 9.17) is 0 Å². The second-order valence-electron chi connectivity index (χ2n) is 6.84. The van der Waals surface area contributed by atoms with E-state index in [2.05, 4.69) is 22.4 Å². The molecule has 0 aliphatic heterocycles. The van der Waals surface area contributed by atoms with Gasteiger partial charge in [-0.25, -0.2) is 0 Å². The van der Waals surface area contributed by atoms with Gasteiger partial charge in [-0.15, -0.1) is 22.0 Å². The van der Waals surface area contributed by atoms with Crippen LogP contribution in [0.3, 0.4) is 0 Å². The van der Waals surface area contributed by atoms with Gasteiger partial charge in [-0.3, -0.25) is 4.79 Å². The number of benzene rings is 1. The molecule has 5 nitrogen and oxygen atoms in total. The molecule has 1 N–H and O–H groups in total. The van der Waals surface area contributed by atoms with Crippen molar-refractivity contribution in [1.82, 2.24) is 10.2 Å². The third-order valence-electron chi connectivity index (χ3n) is 4.73. The van der Waals surface area contributed by atoms with Gasteiger partial charge in [-0.2, -0.15) is 13.2 Å². The summed E-state index contributed by atoms with van der Waals surface area (Å²) < 4.78 is 40.3. The maximum Gasteiger partial charge on any atom is 0.435 e. The van der Waals surface area contributed by atoms with Crippen molar-refractivity contribution < 1.29 is 18.0 Å². The minimum Gasteiger partial charge on any atom is -0.355 e. The number of carbonyl (C=O) groups is 1. The van der Waals surface area contributed by atoms with E-state index in [0.29, 0.717) is 18.8 Å². The van der Waals surface area contributed by atoms with E-state index < -0.39 is 17.8 Å². The summed E-state index contributed by atoms with van der Waals surface area (Å²) in [6, 6.07) is 7.14. The van der Waals surface area contributed by atoms with Crippen molar-refractivity contribution in [3.05, 3.63) is 41.1 Å². The number of thioether (sulfide) groups is 1. The van der Waals surface area contributed by atoms with Gasteiger partial charge in [-0.1, -0.05) is 25.8 Å². The van der Waals surface area contributed by atoms with E-state index in [9.17, 15) is 18.0 Å². The SMILES string of the molecule is CCCCCN(CC)c1nnc(C(F)(F)F)c(C)c1C(=O)Nc1cccc(SC)c1. The number of hydrogen-bond donors (Lipinski definition) is 1. The zero-order valence-corrected chi connectivity index (χ0v) is 18.5. The molecule has 0 aliphatic carbocycles. The lowest BCUT2D eigenvalue weighted by atomic mass is 10.1. The topological polar surface area (TPSA) is 58.1 Å². The second-order valence-corrected chi connectivity index (χ2v) is 7.72. The van der Waals surface area contributed by atoms with Crippen LogP contribution in [0.5, 0.6) is 0 Å². The van der Waals surface area contributed by atoms with Gasteiger partial charge in [0, 0.05) is 23.7 Å². The molecular weight excluding hydrogens is 413 g/mol. The first-order chi connectivity index (χ1) is 14.2. The predicted octanol–water partition coefficient (Wildman–Crippen LogP) is 5.79. The van der Waals surface area contributed by atoms with Crippen LogP contribution in [0.1, 0.15) is 54.7 Å². The molecular formula is C21H27F3N4OS. The zero-order valence-electron chi connectivity index (χ0n) is 17.6. The highest BCUT2D eigenvalue weighted by Crippen LogP contribution is 2.34. The summed E-state index contributed by atoms with van der Waals surface area (Å²) in [5, 5.41) is 9.99. The van der Waals surface area contributed by atoms with E-state index in [0.717, 1.165) is 24.2 Å². The molecule has 0 radical (unpaired) electrons. The van der Waals surface area contributed by atoms with Gasteiger partial charge >= 0.3 is 6.18 Å². The predicted molar refractivity (Wildman–Crippen MR) is 115 cm³/mol. The molecule has 1 amide bonds. The smallest absolute Gasteiger partial charge is 0.355 e. The molecule has 0 bridgehead atoms. The molecule has 164 valence electrons. The standard InChI is InChI=1S/C21H27F3N4OS/c1-5-7-8-12-28(6-2)19-17(14(3)18(26-27-19)21(22,23)24)20(29)25-15-10-9-11-16(13-15)30-4/h9-11,13H,5-8,12H2,1-4H3,(H,25,29). The van der Waals surface area contributed by atoms with Crippen LogP contribution in [0, 0.1) is 6.92 Å². The van der Waals surface area contributed by atoms with Crippen molar-refractivity contribution in [2.75, 3.05) is 29.6 Å². The van der Waals surface area contributed by atoms with Crippen molar-refractivity contribution in [2.45, 2.75) is 51.1 Å². The van der Waals surface area contributed by atoms with Crippen LogP contribution in [0.15, 0.2) is 29.2 Å². The first-order valence-electron chi connectivity index (χ1n) is 9.87. The first kappa shape index (κ1) is 24.0. The molecule has 30 heavy (non-hydrogen) atoms. The largest absolute Gasteiger partial charge is 0.435 e. The Kier molecular flexibility index (Phi) is 8.52. The molecule has 0 saturated heterocycles. The van der Waals surface area contributed by atoms with Gasteiger partial charge in [0.25, 0.3) is 5.91 Å². The Morgan fingerprint density at radius 1 is 1.20 bits per heavy atom. The lowest BCUT2D eigenvalue weighted by Gasteiger charge is -2.25. The van der Waals surface area contributed by atoms with E-state index in [-0.39, 0.29) is 16.9 Å². The van der Waals surface area contributed by atoms with Crippen molar-refractivity contribution in [3.63, 3.8) is 0 Å². The number of halogens is 3. The number of alkyl halides is 3. The third kappa shape index (κ3) is 5.87. The Bertz CT molecular complexity index is 874. The van der Waals surface area contributed by atoms with Gasteiger partial charge in [0.15, 0.2) is 11.5 Å². The summed E-state index contributed by atoms with van der Waals surface area (Å²) in [4.78, 5) is 15.8. The lowest BCUT2D eigenvalue weighted by molar-refractivity contribution is -0.142. The van der Waals surface area contributed by atoms with E-state index in [1.54, 1.807) is 18.2 Å². The summed E-state index contributed by atoms with van der Waals surface area (Å²) in [6.07, 6.45) is 0.0491. The number of anilines is 2. The first-order valence-corrected chi connectivity index (χ1v) is 11.1. The Balaban J connectivity index is 2.49. The number of aromatic nitrogens is 2. The fraction of sp³-hybridized carbons (Fsp3) is 0.476. The average molecular weight is 441 g/mol. The van der Waals surface area contributed by atoms with Gasteiger partial charge in [0.05, 0.1) is 5.56 Å². The number of unbranched alkanes of at least 4 members (excludes halogenated alkanes) is 2. The number of rotatable bonds is 9. The van der Waals surface area contributed by atoms with Crippen molar-refractivity contribution in [2.24, 2.45) is 0 Å². The average Bonchev–Trinajstić information content (AvgIpc) is 2.70. The highest BCUT2D eigenvalue weighted by molar-refractivity contribution is 7.98. The van der Waals surface area contributed by atoms with Gasteiger partial charge < -0.3 is 10.2 Å². The number of amides is 1. The summed E-state index contributed by atoms with van der Waals surface area (Å²) in [5.74, 6) is -0.451. The van der Waals surface area contributed by atoms with Crippen molar-refractivity contribution in [1.29, 1.82) is 0 Å². The molecule has 0 unspecified atom stereocenters. The molecule has 9 heteroatoms. The monoisotopic (exact) mass is 440 g/mol. The molecule has 1 heterocycles. The second kappa shape index (κ2) is 10.7. The molecule has 0 aliphatic rings. The minimum absolute atomic E-state index is 0.0924. The quantitative estimate of drug-likeness (QED) is 0.395. The van der Waals surface area contributed by atoms with Gasteiger partial charge in [0.2, 0.25) is 0 Å². The highest BCUT2D eigenvalue weighted by Gasteiger charge is 2.38.